The Morgan fingerprint density at radius 3 is 2.47 bits per heavy atom. The highest BCUT2D eigenvalue weighted by Crippen LogP contribution is 2.25. The van der Waals surface area contributed by atoms with Crippen LogP contribution in [0.1, 0.15) is 5.56 Å². The van der Waals surface area contributed by atoms with Crippen LogP contribution in [0, 0.1) is 5.41 Å². The molecule has 3 N–H and O–H groups in total. The van der Waals surface area contributed by atoms with Crippen molar-refractivity contribution in [2.24, 2.45) is 5.73 Å². The summed E-state index contributed by atoms with van der Waals surface area (Å²) in [5, 5.41) is 7.35. The maximum atomic E-state index is 12.2. The molecule has 1 rings (SSSR count). The number of nitrogens with two attached hydrogens (primary N) is 1. The summed E-state index contributed by atoms with van der Waals surface area (Å²) in [6.45, 7) is -1.07. The quantitative estimate of drug-likeness (QED) is 0.652. The summed E-state index contributed by atoms with van der Waals surface area (Å²) in [5.74, 6) is -0.222. The lowest BCUT2D eigenvalue weighted by Crippen LogP contribution is -2.30. The number of nitrogen functional groups attached to an aromatic ring is 1. The summed E-state index contributed by atoms with van der Waals surface area (Å²) < 4.78 is 36.5. The number of amidine groups is 1. The Balaban J connectivity index is 2.94. The molecule has 0 aliphatic heterocycles. The standard InChI is InChI=1S/C10H11ClF3N3/c1-17(5-10(12,13)14)6-2-3-7(9(15)16)8(11)4-6/h2-4H,5H2,1H3,(H3,15,16). The number of halogens is 4. The molecule has 0 unspecified atom stereocenters. The molecule has 0 aromatic heterocycles. The zero-order valence-corrected chi connectivity index (χ0v) is 9.73. The number of anilines is 1. The van der Waals surface area contributed by atoms with Crippen LogP contribution < -0.4 is 10.6 Å². The van der Waals surface area contributed by atoms with Crippen LogP contribution in [-0.4, -0.2) is 25.6 Å². The van der Waals surface area contributed by atoms with Crippen molar-refractivity contribution >= 4 is 23.1 Å². The lowest BCUT2D eigenvalue weighted by Gasteiger charge is -2.21. The number of rotatable bonds is 3. The van der Waals surface area contributed by atoms with Crippen LogP contribution in [0.4, 0.5) is 18.9 Å². The van der Waals surface area contributed by atoms with Gasteiger partial charge in [0.1, 0.15) is 12.4 Å². The Morgan fingerprint density at radius 2 is 2.06 bits per heavy atom. The lowest BCUT2D eigenvalue weighted by atomic mass is 10.2. The third-order valence-corrected chi connectivity index (χ3v) is 2.41. The van der Waals surface area contributed by atoms with Crippen LogP contribution in [0.15, 0.2) is 18.2 Å². The van der Waals surface area contributed by atoms with Gasteiger partial charge in [0.25, 0.3) is 0 Å². The first-order chi connectivity index (χ1) is 7.70. The Bertz CT molecular complexity index is 431. The Hall–Kier alpha value is -1.43. The monoisotopic (exact) mass is 265 g/mol. The number of alkyl halides is 3. The highest BCUT2D eigenvalue weighted by Gasteiger charge is 2.29. The number of nitrogens with zero attached hydrogens (tertiary/aromatic N) is 1. The van der Waals surface area contributed by atoms with Gasteiger partial charge in [-0.1, -0.05) is 11.6 Å². The molecule has 0 saturated heterocycles. The average Bonchev–Trinajstić information content (AvgIpc) is 2.14. The van der Waals surface area contributed by atoms with Crippen LogP contribution in [0.25, 0.3) is 0 Å². The second-order valence-corrected chi connectivity index (χ2v) is 3.96. The molecule has 0 spiro atoms. The van der Waals surface area contributed by atoms with Crippen LogP contribution in [-0.2, 0) is 0 Å². The first-order valence-corrected chi connectivity index (χ1v) is 5.00. The number of nitrogens with one attached hydrogen (secondary N) is 1. The number of benzene rings is 1. The fraction of sp³-hybridized carbons (Fsp3) is 0.300. The second kappa shape index (κ2) is 4.83. The van der Waals surface area contributed by atoms with Crippen molar-refractivity contribution in [3.8, 4) is 0 Å². The summed E-state index contributed by atoms with van der Waals surface area (Å²) >= 11 is 5.81. The molecule has 3 nitrogen and oxygen atoms in total. The molecule has 94 valence electrons. The molecule has 0 amide bonds. The molecule has 0 aliphatic carbocycles. The van der Waals surface area contributed by atoms with Crippen molar-refractivity contribution in [3.63, 3.8) is 0 Å². The van der Waals surface area contributed by atoms with E-state index in [0.29, 0.717) is 11.3 Å². The van der Waals surface area contributed by atoms with Gasteiger partial charge in [-0.3, -0.25) is 5.41 Å². The van der Waals surface area contributed by atoms with E-state index < -0.39 is 12.7 Å². The number of hydrogen-bond donors (Lipinski definition) is 2. The average molecular weight is 266 g/mol. The van der Waals surface area contributed by atoms with E-state index >= 15 is 0 Å². The van der Waals surface area contributed by atoms with Crippen LogP contribution >= 0.6 is 11.6 Å². The Kier molecular flexibility index (Phi) is 3.87. The molecule has 0 radical (unpaired) electrons. The van der Waals surface area contributed by atoms with E-state index in [2.05, 4.69) is 0 Å². The molecule has 0 atom stereocenters. The SMILES string of the molecule is CN(CC(F)(F)F)c1ccc(C(=N)N)c(Cl)c1. The summed E-state index contributed by atoms with van der Waals surface area (Å²) in [7, 11) is 1.31. The van der Waals surface area contributed by atoms with Gasteiger partial charge < -0.3 is 10.6 Å². The normalized spacial score (nSPS) is 11.4. The van der Waals surface area contributed by atoms with Crippen molar-refractivity contribution in [1.29, 1.82) is 5.41 Å². The highest BCUT2D eigenvalue weighted by molar-refractivity contribution is 6.34. The third-order valence-electron chi connectivity index (χ3n) is 2.10. The van der Waals surface area contributed by atoms with Crippen molar-refractivity contribution in [2.45, 2.75) is 6.18 Å². The fourth-order valence-corrected chi connectivity index (χ4v) is 1.60. The molecule has 0 saturated carbocycles. The maximum Gasteiger partial charge on any atom is 0.405 e. The minimum atomic E-state index is -4.28. The molecule has 0 aliphatic rings. The van der Waals surface area contributed by atoms with Crippen LogP contribution in [0.2, 0.25) is 5.02 Å². The van der Waals surface area contributed by atoms with Gasteiger partial charge in [0, 0.05) is 18.3 Å². The molecular formula is C10H11ClF3N3. The topological polar surface area (TPSA) is 53.1 Å². The largest absolute Gasteiger partial charge is 0.405 e. The van der Waals surface area contributed by atoms with Gasteiger partial charge in [0.2, 0.25) is 0 Å². The van der Waals surface area contributed by atoms with Crippen molar-refractivity contribution in [2.75, 3.05) is 18.5 Å². The van der Waals surface area contributed by atoms with E-state index in [4.69, 9.17) is 22.7 Å². The second-order valence-electron chi connectivity index (χ2n) is 3.55. The summed E-state index contributed by atoms with van der Waals surface area (Å²) in [6, 6.07) is 4.21. The Labute approximate surface area is 101 Å². The Morgan fingerprint density at radius 1 is 1.47 bits per heavy atom. The maximum absolute atomic E-state index is 12.2. The zero-order valence-electron chi connectivity index (χ0n) is 8.98. The minimum Gasteiger partial charge on any atom is -0.384 e. The first kappa shape index (κ1) is 13.6. The molecule has 1 aromatic carbocycles. The van der Waals surface area contributed by atoms with Crippen molar-refractivity contribution in [1.82, 2.24) is 0 Å². The molecule has 0 bridgehead atoms. The van der Waals surface area contributed by atoms with Gasteiger partial charge >= 0.3 is 6.18 Å². The van der Waals surface area contributed by atoms with E-state index in [1.54, 1.807) is 0 Å². The van der Waals surface area contributed by atoms with Crippen molar-refractivity contribution < 1.29 is 13.2 Å². The molecular weight excluding hydrogens is 255 g/mol. The van der Waals surface area contributed by atoms with Gasteiger partial charge in [-0.15, -0.1) is 0 Å². The zero-order chi connectivity index (χ0) is 13.2. The van der Waals surface area contributed by atoms with E-state index in [1.165, 1.54) is 25.2 Å². The molecule has 1 aromatic rings. The van der Waals surface area contributed by atoms with Crippen LogP contribution in [0.5, 0.6) is 0 Å². The van der Waals surface area contributed by atoms with Crippen molar-refractivity contribution in [3.05, 3.63) is 28.8 Å². The van der Waals surface area contributed by atoms with E-state index in [1.807, 2.05) is 0 Å². The van der Waals surface area contributed by atoms with Gasteiger partial charge in [0.05, 0.1) is 5.02 Å². The predicted molar refractivity (Wildman–Crippen MR) is 61.8 cm³/mol. The third kappa shape index (κ3) is 3.81. The van der Waals surface area contributed by atoms with E-state index in [9.17, 15) is 13.2 Å². The minimum absolute atomic E-state index is 0.157. The van der Waals surface area contributed by atoms with Gasteiger partial charge in [0.15, 0.2) is 0 Å². The van der Waals surface area contributed by atoms with Gasteiger partial charge in [-0.25, -0.2) is 0 Å². The first-order valence-electron chi connectivity index (χ1n) is 4.62. The van der Waals surface area contributed by atoms with Gasteiger partial charge in [-0.05, 0) is 18.2 Å². The predicted octanol–water partition coefficient (Wildman–Crippen LogP) is 2.62. The van der Waals surface area contributed by atoms with E-state index in [0.717, 1.165) is 4.90 Å². The molecule has 17 heavy (non-hydrogen) atoms. The smallest absolute Gasteiger partial charge is 0.384 e. The number of hydrogen-bond acceptors (Lipinski definition) is 2. The fourth-order valence-electron chi connectivity index (χ4n) is 1.32. The summed E-state index contributed by atoms with van der Waals surface area (Å²) in [6.07, 6.45) is -4.28. The summed E-state index contributed by atoms with van der Waals surface area (Å²) in [4.78, 5) is 1.02. The molecule has 0 fully saturated rings. The lowest BCUT2D eigenvalue weighted by molar-refractivity contribution is -0.119. The van der Waals surface area contributed by atoms with Crippen LogP contribution in [0.3, 0.4) is 0 Å². The van der Waals surface area contributed by atoms with Gasteiger partial charge in [-0.2, -0.15) is 13.2 Å². The molecule has 7 heteroatoms. The summed E-state index contributed by atoms with van der Waals surface area (Å²) in [5.41, 5.74) is 5.87. The van der Waals surface area contributed by atoms with E-state index in [-0.39, 0.29) is 10.9 Å². The highest BCUT2D eigenvalue weighted by atomic mass is 35.5. The molecule has 0 heterocycles.